The molecule has 1 amide bonds. The molecule has 0 aliphatic heterocycles. The lowest BCUT2D eigenvalue weighted by atomic mass is 10.2. The third kappa shape index (κ3) is 4.85. The van der Waals surface area contributed by atoms with Gasteiger partial charge in [0.25, 0.3) is 0 Å². The number of carbonyl (C=O) groups excluding carboxylic acids is 1. The quantitative estimate of drug-likeness (QED) is 0.834. The van der Waals surface area contributed by atoms with Gasteiger partial charge in [-0.1, -0.05) is 29.3 Å². The standard InChI is InChI=1S/C15H20Cl2N2O2/c1-18(12-3-4-12)15(21)10-19(6-7-20)9-11-2-5-13(16)14(17)8-11/h2,5,8,12,20H,3-4,6-7,9-10H2,1H3. The van der Waals surface area contributed by atoms with Gasteiger partial charge in [-0.05, 0) is 30.5 Å². The number of carbonyl (C=O) groups is 1. The summed E-state index contributed by atoms with van der Waals surface area (Å²) < 4.78 is 0. The van der Waals surface area contributed by atoms with Crippen molar-refractivity contribution >= 4 is 29.1 Å². The molecule has 1 aliphatic carbocycles. The van der Waals surface area contributed by atoms with Crippen molar-refractivity contribution in [2.45, 2.75) is 25.4 Å². The third-order valence-electron chi connectivity index (χ3n) is 3.65. The van der Waals surface area contributed by atoms with Gasteiger partial charge in [-0.3, -0.25) is 9.69 Å². The normalized spacial score (nSPS) is 14.5. The van der Waals surface area contributed by atoms with Gasteiger partial charge < -0.3 is 10.0 Å². The summed E-state index contributed by atoms with van der Waals surface area (Å²) in [5.74, 6) is 0.0889. The summed E-state index contributed by atoms with van der Waals surface area (Å²) in [7, 11) is 1.84. The molecule has 1 fully saturated rings. The second kappa shape index (κ2) is 7.45. The predicted molar refractivity (Wildman–Crippen MR) is 84.6 cm³/mol. The zero-order chi connectivity index (χ0) is 15.4. The van der Waals surface area contributed by atoms with Crippen LogP contribution in [0, 0.1) is 0 Å². The van der Waals surface area contributed by atoms with Gasteiger partial charge >= 0.3 is 0 Å². The lowest BCUT2D eigenvalue weighted by molar-refractivity contribution is -0.131. The SMILES string of the molecule is CN(C(=O)CN(CCO)Cc1ccc(Cl)c(Cl)c1)C1CC1. The lowest BCUT2D eigenvalue weighted by Crippen LogP contribution is -2.40. The van der Waals surface area contributed by atoms with E-state index in [0.717, 1.165) is 18.4 Å². The van der Waals surface area contributed by atoms with Gasteiger partial charge in [0.05, 0.1) is 23.2 Å². The third-order valence-corrected chi connectivity index (χ3v) is 4.39. The second-order valence-corrected chi connectivity index (χ2v) is 6.23. The summed E-state index contributed by atoms with van der Waals surface area (Å²) in [5.41, 5.74) is 0.972. The predicted octanol–water partition coefficient (Wildman–Crippen LogP) is 2.41. The van der Waals surface area contributed by atoms with Crippen LogP contribution in [0.25, 0.3) is 0 Å². The molecule has 0 spiro atoms. The molecule has 1 aliphatic rings. The smallest absolute Gasteiger partial charge is 0.236 e. The molecule has 0 atom stereocenters. The second-order valence-electron chi connectivity index (χ2n) is 5.42. The van der Waals surface area contributed by atoms with E-state index in [1.807, 2.05) is 18.0 Å². The molecule has 21 heavy (non-hydrogen) atoms. The molecule has 1 aromatic carbocycles. The molecule has 1 saturated carbocycles. The molecule has 1 aromatic rings. The van der Waals surface area contributed by atoms with E-state index in [-0.39, 0.29) is 12.5 Å². The Morgan fingerprint density at radius 2 is 2.05 bits per heavy atom. The summed E-state index contributed by atoms with van der Waals surface area (Å²) in [6.07, 6.45) is 2.18. The largest absolute Gasteiger partial charge is 0.395 e. The Balaban J connectivity index is 1.97. The van der Waals surface area contributed by atoms with Crippen molar-refractivity contribution in [2.75, 3.05) is 26.7 Å². The zero-order valence-electron chi connectivity index (χ0n) is 12.1. The minimum atomic E-state index is 0.0156. The molecule has 2 rings (SSSR count). The van der Waals surface area contributed by atoms with Gasteiger partial charge in [0.1, 0.15) is 0 Å². The Kier molecular flexibility index (Phi) is 5.88. The Morgan fingerprint density at radius 1 is 1.33 bits per heavy atom. The van der Waals surface area contributed by atoms with E-state index in [1.165, 1.54) is 0 Å². The van der Waals surface area contributed by atoms with E-state index >= 15 is 0 Å². The van der Waals surface area contributed by atoms with Crippen LogP contribution in [0.4, 0.5) is 0 Å². The monoisotopic (exact) mass is 330 g/mol. The molecule has 0 unspecified atom stereocenters. The fraction of sp³-hybridized carbons (Fsp3) is 0.533. The number of hydrogen-bond donors (Lipinski definition) is 1. The van der Waals surface area contributed by atoms with Crippen LogP contribution in [0.1, 0.15) is 18.4 Å². The molecule has 0 heterocycles. The number of rotatable bonds is 7. The van der Waals surface area contributed by atoms with Crippen molar-refractivity contribution in [3.8, 4) is 0 Å². The van der Waals surface area contributed by atoms with Crippen molar-refractivity contribution in [1.29, 1.82) is 0 Å². The Bertz CT molecular complexity index is 506. The van der Waals surface area contributed by atoms with Crippen molar-refractivity contribution < 1.29 is 9.90 Å². The van der Waals surface area contributed by atoms with Crippen LogP contribution in [-0.4, -0.2) is 53.6 Å². The van der Waals surface area contributed by atoms with Gasteiger partial charge in [0.2, 0.25) is 5.91 Å². The first-order valence-electron chi connectivity index (χ1n) is 7.04. The Labute approximate surface area is 135 Å². The van der Waals surface area contributed by atoms with Gasteiger partial charge in [0.15, 0.2) is 0 Å². The number of likely N-dealkylation sites (N-methyl/N-ethyl adjacent to an activating group) is 1. The van der Waals surface area contributed by atoms with Crippen molar-refractivity contribution in [3.05, 3.63) is 33.8 Å². The van der Waals surface area contributed by atoms with Crippen LogP contribution < -0.4 is 0 Å². The van der Waals surface area contributed by atoms with E-state index in [9.17, 15) is 9.90 Å². The van der Waals surface area contributed by atoms with Crippen LogP contribution >= 0.6 is 23.2 Å². The maximum atomic E-state index is 12.2. The minimum absolute atomic E-state index is 0.0156. The average Bonchev–Trinajstić information content (AvgIpc) is 3.26. The van der Waals surface area contributed by atoms with E-state index in [2.05, 4.69) is 0 Å². The fourth-order valence-electron chi connectivity index (χ4n) is 2.22. The van der Waals surface area contributed by atoms with Crippen LogP contribution in [0.2, 0.25) is 10.0 Å². The van der Waals surface area contributed by atoms with Crippen LogP contribution in [-0.2, 0) is 11.3 Å². The van der Waals surface area contributed by atoms with Crippen molar-refractivity contribution in [3.63, 3.8) is 0 Å². The van der Waals surface area contributed by atoms with Crippen LogP contribution in [0.5, 0.6) is 0 Å². The van der Waals surface area contributed by atoms with Gasteiger partial charge in [0, 0.05) is 26.2 Å². The highest BCUT2D eigenvalue weighted by Gasteiger charge is 2.30. The maximum Gasteiger partial charge on any atom is 0.236 e. The highest BCUT2D eigenvalue weighted by atomic mass is 35.5. The molecule has 0 bridgehead atoms. The first-order chi connectivity index (χ1) is 10.0. The lowest BCUT2D eigenvalue weighted by Gasteiger charge is -2.24. The number of aliphatic hydroxyl groups excluding tert-OH is 1. The number of amides is 1. The van der Waals surface area contributed by atoms with Gasteiger partial charge in [-0.25, -0.2) is 0 Å². The molecule has 6 heteroatoms. The number of aliphatic hydroxyl groups is 1. The van der Waals surface area contributed by atoms with E-state index in [1.54, 1.807) is 17.0 Å². The molecule has 0 aromatic heterocycles. The molecule has 0 radical (unpaired) electrons. The van der Waals surface area contributed by atoms with E-state index in [4.69, 9.17) is 23.2 Å². The van der Waals surface area contributed by atoms with Gasteiger partial charge in [-0.15, -0.1) is 0 Å². The molecule has 1 N–H and O–H groups in total. The van der Waals surface area contributed by atoms with Crippen LogP contribution in [0.15, 0.2) is 18.2 Å². The summed E-state index contributed by atoms with van der Waals surface area (Å²) >= 11 is 11.9. The molecule has 116 valence electrons. The molecular formula is C15H20Cl2N2O2. The highest BCUT2D eigenvalue weighted by Crippen LogP contribution is 2.26. The van der Waals surface area contributed by atoms with Gasteiger partial charge in [-0.2, -0.15) is 0 Å². The summed E-state index contributed by atoms with van der Waals surface area (Å²) in [5, 5.41) is 10.2. The molecular weight excluding hydrogens is 311 g/mol. The average molecular weight is 331 g/mol. The number of nitrogens with zero attached hydrogens (tertiary/aromatic N) is 2. The molecule has 0 saturated heterocycles. The number of benzene rings is 1. The minimum Gasteiger partial charge on any atom is -0.395 e. The first-order valence-corrected chi connectivity index (χ1v) is 7.79. The highest BCUT2D eigenvalue weighted by molar-refractivity contribution is 6.42. The Hall–Kier alpha value is -0.810. The fourth-order valence-corrected chi connectivity index (χ4v) is 2.54. The number of hydrogen-bond acceptors (Lipinski definition) is 3. The summed E-state index contributed by atoms with van der Waals surface area (Å²) in [4.78, 5) is 15.9. The topological polar surface area (TPSA) is 43.8 Å². The van der Waals surface area contributed by atoms with Crippen molar-refractivity contribution in [2.24, 2.45) is 0 Å². The van der Waals surface area contributed by atoms with Crippen molar-refractivity contribution in [1.82, 2.24) is 9.80 Å². The van der Waals surface area contributed by atoms with E-state index in [0.29, 0.717) is 35.7 Å². The maximum absolute atomic E-state index is 12.2. The van der Waals surface area contributed by atoms with Crippen LogP contribution in [0.3, 0.4) is 0 Å². The first kappa shape index (κ1) is 16.6. The Morgan fingerprint density at radius 3 is 2.62 bits per heavy atom. The molecule has 4 nitrogen and oxygen atoms in total. The number of halogens is 2. The summed E-state index contributed by atoms with van der Waals surface area (Å²) in [6, 6.07) is 5.82. The van der Waals surface area contributed by atoms with E-state index < -0.39 is 0 Å². The zero-order valence-corrected chi connectivity index (χ0v) is 13.6. The summed E-state index contributed by atoms with van der Waals surface area (Å²) in [6.45, 7) is 1.32.